The Morgan fingerprint density at radius 2 is 2.08 bits per heavy atom. The van der Waals surface area contributed by atoms with Gasteiger partial charge in [0.15, 0.2) is 12.0 Å². The van der Waals surface area contributed by atoms with E-state index in [9.17, 15) is 4.79 Å². The van der Waals surface area contributed by atoms with Gasteiger partial charge in [-0.1, -0.05) is 23.2 Å². The van der Waals surface area contributed by atoms with Crippen LogP contribution in [0.15, 0.2) is 22.6 Å². The van der Waals surface area contributed by atoms with Gasteiger partial charge in [-0.15, -0.1) is 0 Å². The molecule has 0 bridgehead atoms. The van der Waals surface area contributed by atoms with Crippen molar-refractivity contribution < 1.29 is 9.21 Å². The molecule has 1 heterocycles. The standard InChI is InChI=1S/C9H4Cl2O2/c10-5-1-2-6-7(3-5)13-8(4-12)9(6)11/h1-4H. The zero-order chi connectivity index (χ0) is 9.42. The molecule has 0 radical (unpaired) electrons. The van der Waals surface area contributed by atoms with Gasteiger partial charge < -0.3 is 4.42 Å². The number of aldehydes is 1. The summed E-state index contributed by atoms with van der Waals surface area (Å²) < 4.78 is 5.14. The van der Waals surface area contributed by atoms with E-state index in [-0.39, 0.29) is 5.76 Å². The maximum atomic E-state index is 10.5. The van der Waals surface area contributed by atoms with Crippen LogP contribution in [0.25, 0.3) is 11.0 Å². The van der Waals surface area contributed by atoms with Gasteiger partial charge in [0.25, 0.3) is 0 Å². The SMILES string of the molecule is O=Cc1oc2cc(Cl)ccc2c1Cl. The van der Waals surface area contributed by atoms with Crippen LogP contribution in [0.5, 0.6) is 0 Å². The average Bonchev–Trinajstić information content (AvgIpc) is 2.42. The zero-order valence-electron chi connectivity index (χ0n) is 6.38. The fraction of sp³-hybridized carbons (Fsp3) is 0. The van der Waals surface area contributed by atoms with E-state index >= 15 is 0 Å². The Labute approximate surface area is 84.0 Å². The first-order chi connectivity index (χ1) is 6.22. The lowest BCUT2D eigenvalue weighted by molar-refractivity contribution is 0.110. The lowest BCUT2D eigenvalue weighted by Crippen LogP contribution is -1.70. The van der Waals surface area contributed by atoms with E-state index in [2.05, 4.69) is 0 Å². The Morgan fingerprint density at radius 1 is 1.31 bits per heavy atom. The van der Waals surface area contributed by atoms with Crippen LogP contribution < -0.4 is 0 Å². The summed E-state index contributed by atoms with van der Waals surface area (Å²) in [5, 5.41) is 1.59. The fourth-order valence-corrected chi connectivity index (χ4v) is 1.54. The second kappa shape index (κ2) is 3.05. The molecule has 0 spiro atoms. The minimum Gasteiger partial charge on any atom is -0.452 e. The van der Waals surface area contributed by atoms with E-state index < -0.39 is 0 Å². The van der Waals surface area contributed by atoms with Crippen LogP contribution >= 0.6 is 23.2 Å². The van der Waals surface area contributed by atoms with Gasteiger partial charge in [0.05, 0.1) is 5.02 Å². The molecule has 0 fully saturated rings. The monoisotopic (exact) mass is 214 g/mol. The van der Waals surface area contributed by atoms with Gasteiger partial charge in [-0.3, -0.25) is 4.79 Å². The molecule has 0 aliphatic heterocycles. The number of carbonyl (C=O) groups excluding carboxylic acids is 1. The van der Waals surface area contributed by atoms with Gasteiger partial charge >= 0.3 is 0 Å². The quantitative estimate of drug-likeness (QED) is 0.680. The normalized spacial score (nSPS) is 10.6. The summed E-state index contributed by atoms with van der Waals surface area (Å²) in [4.78, 5) is 10.5. The predicted molar refractivity (Wildman–Crippen MR) is 51.6 cm³/mol. The lowest BCUT2D eigenvalue weighted by Gasteiger charge is -1.88. The Bertz CT molecular complexity index is 474. The highest BCUT2D eigenvalue weighted by atomic mass is 35.5. The predicted octanol–water partition coefficient (Wildman–Crippen LogP) is 3.55. The molecule has 0 saturated heterocycles. The molecule has 2 nitrogen and oxygen atoms in total. The van der Waals surface area contributed by atoms with Crippen molar-refractivity contribution >= 4 is 40.5 Å². The molecule has 1 aromatic heterocycles. The fourth-order valence-electron chi connectivity index (χ4n) is 1.13. The van der Waals surface area contributed by atoms with Crippen molar-refractivity contribution in [3.05, 3.63) is 34.0 Å². The van der Waals surface area contributed by atoms with Gasteiger partial charge in [-0.2, -0.15) is 0 Å². The number of hydrogen-bond donors (Lipinski definition) is 0. The number of hydrogen-bond acceptors (Lipinski definition) is 2. The maximum absolute atomic E-state index is 10.5. The molecular weight excluding hydrogens is 211 g/mol. The van der Waals surface area contributed by atoms with Gasteiger partial charge in [0, 0.05) is 16.5 Å². The van der Waals surface area contributed by atoms with Crippen molar-refractivity contribution in [2.45, 2.75) is 0 Å². The first kappa shape index (κ1) is 8.60. The molecule has 2 aromatic rings. The summed E-state index contributed by atoms with van der Waals surface area (Å²) in [6.45, 7) is 0. The van der Waals surface area contributed by atoms with Crippen LogP contribution in [0.2, 0.25) is 10.0 Å². The summed E-state index contributed by atoms with van der Waals surface area (Å²) in [7, 11) is 0. The van der Waals surface area contributed by atoms with Crippen LogP contribution in [0.4, 0.5) is 0 Å². The van der Waals surface area contributed by atoms with Crippen molar-refractivity contribution in [3.8, 4) is 0 Å². The topological polar surface area (TPSA) is 30.2 Å². The van der Waals surface area contributed by atoms with Crippen LogP contribution in [-0.2, 0) is 0 Å². The van der Waals surface area contributed by atoms with Crippen molar-refractivity contribution in [3.63, 3.8) is 0 Å². The van der Waals surface area contributed by atoms with E-state index in [1.165, 1.54) is 0 Å². The molecular formula is C9H4Cl2O2. The van der Waals surface area contributed by atoms with E-state index in [1.807, 2.05) is 0 Å². The average molecular weight is 215 g/mol. The maximum Gasteiger partial charge on any atom is 0.186 e. The summed E-state index contributed by atoms with van der Waals surface area (Å²) in [6.07, 6.45) is 0.580. The molecule has 1 aromatic carbocycles. The second-order valence-electron chi connectivity index (χ2n) is 2.54. The minimum atomic E-state index is 0.138. The van der Waals surface area contributed by atoms with Crippen molar-refractivity contribution in [2.24, 2.45) is 0 Å². The third kappa shape index (κ3) is 1.32. The van der Waals surface area contributed by atoms with Gasteiger partial charge in [-0.05, 0) is 12.1 Å². The molecule has 0 aliphatic carbocycles. The first-order valence-corrected chi connectivity index (χ1v) is 4.30. The number of furan rings is 1. The molecule has 0 amide bonds. The lowest BCUT2D eigenvalue weighted by atomic mass is 10.2. The van der Waals surface area contributed by atoms with Crippen molar-refractivity contribution in [2.75, 3.05) is 0 Å². The molecule has 4 heteroatoms. The van der Waals surface area contributed by atoms with E-state index in [0.717, 1.165) is 0 Å². The Kier molecular flexibility index (Phi) is 2.02. The smallest absolute Gasteiger partial charge is 0.186 e. The van der Waals surface area contributed by atoms with Gasteiger partial charge in [-0.25, -0.2) is 0 Å². The molecule has 0 atom stereocenters. The zero-order valence-corrected chi connectivity index (χ0v) is 7.89. The van der Waals surface area contributed by atoms with Gasteiger partial charge in [0.2, 0.25) is 0 Å². The van der Waals surface area contributed by atoms with Crippen LogP contribution in [0, 0.1) is 0 Å². The van der Waals surface area contributed by atoms with E-state index in [0.29, 0.717) is 27.3 Å². The van der Waals surface area contributed by atoms with E-state index in [4.69, 9.17) is 27.6 Å². The van der Waals surface area contributed by atoms with Crippen molar-refractivity contribution in [1.29, 1.82) is 0 Å². The highest BCUT2D eigenvalue weighted by Gasteiger charge is 2.10. The Balaban J connectivity index is 2.83. The highest BCUT2D eigenvalue weighted by Crippen LogP contribution is 2.30. The number of fused-ring (bicyclic) bond motifs is 1. The summed E-state index contributed by atoms with van der Waals surface area (Å²) in [5.74, 6) is 0.138. The van der Waals surface area contributed by atoms with Gasteiger partial charge in [0.1, 0.15) is 5.58 Å². The van der Waals surface area contributed by atoms with Crippen LogP contribution in [-0.4, -0.2) is 6.29 Å². The number of halogens is 2. The third-order valence-electron chi connectivity index (χ3n) is 1.72. The van der Waals surface area contributed by atoms with Crippen LogP contribution in [0.1, 0.15) is 10.6 Å². The highest BCUT2D eigenvalue weighted by molar-refractivity contribution is 6.38. The van der Waals surface area contributed by atoms with E-state index in [1.54, 1.807) is 18.2 Å². The first-order valence-electron chi connectivity index (χ1n) is 3.55. The number of benzene rings is 1. The molecule has 13 heavy (non-hydrogen) atoms. The minimum absolute atomic E-state index is 0.138. The molecule has 66 valence electrons. The third-order valence-corrected chi connectivity index (χ3v) is 2.35. The van der Waals surface area contributed by atoms with Crippen molar-refractivity contribution in [1.82, 2.24) is 0 Å². The molecule has 0 N–H and O–H groups in total. The summed E-state index contributed by atoms with van der Waals surface area (Å²) >= 11 is 11.6. The number of rotatable bonds is 1. The molecule has 0 aliphatic rings. The summed E-state index contributed by atoms with van der Waals surface area (Å²) in [5.41, 5.74) is 0.527. The second-order valence-corrected chi connectivity index (χ2v) is 3.35. The molecule has 2 rings (SSSR count). The Hall–Kier alpha value is -0.990. The van der Waals surface area contributed by atoms with Crippen LogP contribution in [0.3, 0.4) is 0 Å². The Morgan fingerprint density at radius 3 is 2.77 bits per heavy atom. The molecule has 0 saturated carbocycles. The molecule has 0 unspecified atom stereocenters. The number of carbonyl (C=O) groups is 1. The summed E-state index contributed by atoms with van der Waals surface area (Å²) in [6, 6.07) is 5.03. The largest absolute Gasteiger partial charge is 0.452 e.